The summed E-state index contributed by atoms with van der Waals surface area (Å²) in [6.07, 6.45) is -1.93. The molecule has 0 unspecified atom stereocenters. The lowest BCUT2D eigenvalue weighted by Gasteiger charge is -2.46. The summed E-state index contributed by atoms with van der Waals surface area (Å²) in [6.45, 7) is -0.500. The summed E-state index contributed by atoms with van der Waals surface area (Å²) in [6, 6.07) is 28.2. The first-order chi connectivity index (χ1) is 24.9. The Kier molecular flexibility index (Phi) is 9.30. The molecular weight excluding hydrogens is 656 g/mol. The minimum atomic E-state index is -2.08. The van der Waals surface area contributed by atoms with E-state index in [4.69, 9.17) is 18.9 Å². The molecule has 2 amide bonds. The molecule has 0 saturated carbocycles. The monoisotopic (exact) mass is 692 g/mol. The predicted octanol–water partition coefficient (Wildman–Crippen LogP) is 4.59. The maximum absolute atomic E-state index is 15.4. The summed E-state index contributed by atoms with van der Waals surface area (Å²) in [7, 11) is 1.44. The highest BCUT2D eigenvalue weighted by atomic mass is 16.6. The summed E-state index contributed by atoms with van der Waals surface area (Å²) in [5.41, 5.74) is 0.0515. The van der Waals surface area contributed by atoms with Gasteiger partial charge in [0, 0.05) is 12.7 Å². The number of anilines is 1. The van der Waals surface area contributed by atoms with Gasteiger partial charge in [-0.25, -0.2) is 9.69 Å². The molecule has 1 spiro atoms. The van der Waals surface area contributed by atoms with E-state index in [1.54, 1.807) is 53.4 Å². The van der Waals surface area contributed by atoms with Crippen molar-refractivity contribution in [3.63, 3.8) is 0 Å². The number of aliphatic hydroxyl groups is 1. The predicted molar refractivity (Wildman–Crippen MR) is 182 cm³/mol. The minimum Gasteiger partial charge on any atom is -0.491 e. The van der Waals surface area contributed by atoms with E-state index in [-0.39, 0.29) is 43.4 Å². The molecule has 3 aliphatic heterocycles. The number of para-hydroxylation sites is 2. The topological polar surface area (TPSA) is 152 Å². The van der Waals surface area contributed by atoms with E-state index < -0.39 is 59.5 Å². The number of carboxylic acid groups (broad SMARTS) is 1. The first kappa shape index (κ1) is 33.9. The third kappa shape index (κ3) is 5.43. The number of methoxy groups -OCH3 is 1. The van der Waals surface area contributed by atoms with Crippen LogP contribution in [0.4, 0.5) is 10.5 Å². The zero-order valence-corrected chi connectivity index (χ0v) is 27.7. The number of carboxylic acids is 1. The lowest BCUT2D eigenvalue weighted by atomic mass is 9.65. The number of aliphatic hydroxyl groups excluding tert-OH is 1. The largest absolute Gasteiger partial charge is 0.491 e. The molecule has 3 heterocycles. The molecule has 6 atom stereocenters. The molecular formula is C39H36N2O10. The van der Waals surface area contributed by atoms with Crippen molar-refractivity contribution in [3.05, 3.63) is 131 Å². The number of fused-ring (bicyclic) bond motifs is 3. The second-order valence-corrected chi connectivity index (χ2v) is 12.5. The van der Waals surface area contributed by atoms with E-state index in [1.807, 2.05) is 60.7 Å². The number of nitrogens with zero attached hydrogens (tertiary/aromatic N) is 2. The maximum atomic E-state index is 15.4. The number of rotatable bonds is 10. The van der Waals surface area contributed by atoms with Crippen molar-refractivity contribution < 1.29 is 48.3 Å². The van der Waals surface area contributed by atoms with Crippen molar-refractivity contribution in [2.45, 2.75) is 29.6 Å². The number of amides is 2. The van der Waals surface area contributed by atoms with Crippen molar-refractivity contribution >= 4 is 29.6 Å². The molecule has 12 nitrogen and oxygen atoms in total. The van der Waals surface area contributed by atoms with E-state index in [2.05, 4.69) is 0 Å². The van der Waals surface area contributed by atoms with Gasteiger partial charge in [-0.3, -0.25) is 19.3 Å². The van der Waals surface area contributed by atoms with Gasteiger partial charge in [-0.1, -0.05) is 97.1 Å². The molecule has 2 N–H and O–H groups in total. The number of imide groups is 1. The maximum Gasteiger partial charge on any atom is 0.421 e. The highest BCUT2D eigenvalue weighted by Gasteiger charge is 2.76. The van der Waals surface area contributed by atoms with Gasteiger partial charge in [0.15, 0.2) is 0 Å². The lowest BCUT2D eigenvalue weighted by Crippen LogP contribution is -2.53. The fourth-order valence-electron chi connectivity index (χ4n) is 8.06. The van der Waals surface area contributed by atoms with Crippen LogP contribution in [0.1, 0.15) is 40.4 Å². The summed E-state index contributed by atoms with van der Waals surface area (Å²) in [5.74, 6) is -4.60. The standard InChI is InChI=1S/C39H36N2O10/c1-48-22-23-50-38(47)40-28-18-10-9-17-27(28)39(37(40)46)30(35(43)44)32-36(45)51-33(25-14-6-3-7-15-25)31(24-12-4-2-5-13-24)41(32)34(39)26-16-8-11-19-29(26)49-21-20-42/h2-19,30-34,42H,20-23H2,1H3,(H,43,44)/t30-,31-,32-,33+,34+,39-/m1/s1. The number of morpholine rings is 1. The smallest absolute Gasteiger partial charge is 0.421 e. The van der Waals surface area contributed by atoms with Gasteiger partial charge in [-0.15, -0.1) is 0 Å². The Morgan fingerprint density at radius 3 is 2.14 bits per heavy atom. The number of hydrogen-bond donors (Lipinski definition) is 2. The molecule has 2 fully saturated rings. The van der Waals surface area contributed by atoms with Gasteiger partial charge in [-0.05, 0) is 28.8 Å². The van der Waals surface area contributed by atoms with Crippen LogP contribution in [0.2, 0.25) is 0 Å². The molecule has 0 aliphatic carbocycles. The molecule has 12 heteroatoms. The number of carbonyl (C=O) groups excluding carboxylic acids is 3. The van der Waals surface area contributed by atoms with Gasteiger partial charge < -0.3 is 29.2 Å². The molecule has 0 radical (unpaired) electrons. The highest BCUT2D eigenvalue weighted by molar-refractivity contribution is 6.23. The molecule has 51 heavy (non-hydrogen) atoms. The van der Waals surface area contributed by atoms with E-state index in [0.717, 1.165) is 4.90 Å². The second kappa shape index (κ2) is 14.0. The van der Waals surface area contributed by atoms with E-state index in [1.165, 1.54) is 7.11 Å². The normalized spacial score (nSPS) is 25.3. The van der Waals surface area contributed by atoms with Crippen LogP contribution in [-0.4, -0.2) is 78.6 Å². The van der Waals surface area contributed by atoms with E-state index in [0.29, 0.717) is 16.7 Å². The molecule has 262 valence electrons. The van der Waals surface area contributed by atoms with E-state index in [9.17, 15) is 24.6 Å². The van der Waals surface area contributed by atoms with Crippen LogP contribution in [0.25, 0.3) is 0 Å². The van der Waals surface area contributed by atoms with Crippen molar-refractivity contribution in [1.29, 1.82) is 0 Å². The third-order valence-electron chi connectivity index (χ3n) is 9.89. The number of aliphatic carboxylic acids is 1. The fraction of sp³-hybridized carbons (Fsp3) is 0.282. The summed E-state index contributed by atoms with van der Waals surface area (Å²) < 4.78 is 22.8. The average molecular weight is 693 g/mol. The highest BCUT2D eigenvalue weighted by Crippen LogP contribution is 2.66. The SMILES string of the molecule is COCCOC(=O)N1C(=O)[C@@]2(c3ccccc31)[C@H](c1ccccc1OCCO)N1[C@H](c3ccccc3)[C@H](c3ccccc3)OC(=O)[C@H]1[C@@H]2C(=O)O. The Morgan fingerprint density at radius 1 is 0.804 bits per heavy atom. The van der Waals surface area contributed by atoms with Gasteiger partial charge in [-0.2, -0.15) is 0 Å². The molecule has 4 aromatic carbocycles. The first-order valence-corrected chi connectivity index (χ1v) is 16.6. The van der Waals surface area contributed by atoms with Gasteiger partial charge in [0.1, 0.15) is 42.4 Å². The lowest BCUT2D eigenvalue weighted by molar-refractivity contribution is -0.179. The second-order valence-electron chi connectivity index (χ2n) is 12.5. The van der Waals surface area contributed by atoms with Crippen LogP contribution in [-0.2, 0) is 34.0 Å². The van der Waals surface area contributed by atoms with Crippen molar-refractivity contribution in [1.82, 2.24) is 4.90 Å². The van der Waals surface area contributed by atoms with Crippen LogP contribution in [0.5, 0.6) is 5.75 Å². The Labute approximate surface area is 293 Å². The number of hydrogen-bond acceptors (Lipinski definition) is 10. The molecule has 7 rings (SSSR count). The number of cyclic esters (lactones) is 1. The quantitative estimate of drug-likeness (QED) is 0.177. The van der Waals surface area contributed by atoms with Crippen LogP contribution >= 0.6 is 0 Å². The summed E-state index contributed by atoms with van der Waals surface area (Å²) in [4.78, 5) is 60.2. The van der Waals surface area contributed by atoms with Crippen molar-refractivity contribution in [2.24, 2.45) is 5.92 Å². The van der Waals surface area contributed by atoms with E-state index >= 15 is 4.79 Å². The zero-order valence-electron chi connectivity index (χ0n) is 27.7. The van der Waals surface area contributed by atoms with Crippen molar-refractivity contribution in [2.75, 3.05) is 38.4 Å². The molecule has 2 saturated heterocycles. The van der Waals surface area contributed by atoms with Gasteiger partial charge >= 0.3 is 18.0 Å². The van der Waals surface area contributed by atoms with Gasteiger partial charge in [0.25, 0.3) is 0 Å². The fourth-order valence-corrected chi connectivity index (χ4v) is 8.06. The summed E-state index contributed by atoms with van der Waals surface area (Å²) >= 11 is 0. The van der Waals surface area contributed by atoms with Crippen LogP contribution < -0.4 is 9.64 Å². The van der Waals surface area contributed by atoms with Crippen LogP contribution in [0, 0.1) is 5.92 Å². The Hall–Kier alpha value is -5.56. The zero-order chi connectivity index (χ0) is 35.7. The number of carbonyl (C=O) groups is 4. The van der Waals surface area contributed by atoms with Gasteiger partial charge in [0.2, 0.25) is 5.91 Å². The minimum absolute atomic E-state index is 0.0673. The molecule has 3 aliphatic rings. The molecule has 0 bridgehead atoms. The van der Waals surface area contributed by atoms with Crippen molar-refractivity contribution in [3.8, 4) is 5.75 Å². The Morgan fingerprint density at radius 2 is 1.45 bits per heavy atom. The summed E-state index contributed by atoms with van der Waals surface area (Å²) in [5, 5.41) is 21.0. The Balaban J connectivity index is 1.55. The Bertz CT molecular complexity index is 1940. The van der Waals surface area contributed by atoms with Gasteiger partial charge in [0.05, 0.1) is 31.0 Å². The van der Waals surface area contributed by atoms with Crippen LogP contribution in [0.3, 0.4) is 0 Å². The molecule has 4 aromatic rings. The number of benzene rings is 4. The first-order valence-electron chi connectivity index (χ1n) is 16.6. The third-order valence-corrected chi connectivity index (χ3v) is 9.89. The average Bonchev–Trinajstić information content (AvgIpc) is 3.61. The number of ether oxygens (including phenoxy) is 4. The number of esters is 1. The molecule has 0 aromatic heterocycles. The van der Waals surface area contributed by atoms with Crippen LogP contribution in [0.15, 0.2) is 109 Å².